The molecule has 4 heteroatoms. The maximum atomic E-state index is 5.35. The Hall–Kier alpha value is -1.81. The van der Waals surface area contributed by atoms with E-state index in [0.717, 1.165) is 41.9 Å². The van der Waals surface area contributed by atoms with Crippen molar-refractivity contribution in [1.82, 2.24) is 9.88 Å². The quantitative estimate of drug-likeness (QED) is 0.637. The van der Waals surface area contributed by atoms with Crippen LogP contribution < -0.4 is 10.1 Å². The number of hydrogen-bond acceptors (Lipinski definition) is 4. The second-order valence-electron chi connectivity index (χ2n) is 7.57. The van der Waals surface area contributed by atoms with E-state index in [4.69, 9.17) is 4.74 Å². The van der Waals surface area contributed by atoms with Crippen LogP contribution >= 0.6 is 0 Å². The van der Waals surface area contributed by atoms with Crippen LogP contribution in [0.5, 0.6) is 5.75 Å². The SMILES string of the molecule is COc1ccc2nccc(NCCCN(CC(C)C)CC(C)C)c2c1. The Morgan fingerprint density at radius 2 is 1.80 bits per heavy atom. The van der Waals surface area contributed by atoms with Gasteiger partial charge in [0, 0.05) is 36.9 Å². The molecule has 1 aromatic carbocycles. The molecule has 0 unspecified atom stereocenters. The average Bonchev–Trinajstić information content (AvgIpc) is 2.57. The van der Waals surface area contributed by atoms with E-state index in [9.17, 15) is 0 Å². The zero-order chi connectivity index (χ0) is 18.2. The Bertz CT molecular complexity index is 645. The first-order chi connectivity index (χ1) is 12.0. The monoisotopic (exact) mass is 343 g/mol. The van der Waals surface area contributed by atoms with Crippen molar-refractivity contribution < 1.29 is 4.74 Å². The number of rotatable bonds is 10. The fraction of sp³-hybridized carbons (Fsp3) is 0.571. The van der Waals surface area contributed by atoms with E-state index in [0.29, 0.717) is 11.8 Å². The number of aromatic nitrogens is 1. The van der Waals surface area contributed by atoms with Crippen LogP contribution in [0.1, 0.15) is 34.1 Å². The Morgan fingerprint density at radius 1 is 1.08 bits per heavy atom. The van der Waals surface area contributed by atoms with Gasteiger partial charge in [-0.3, -0.25) is 4.98 Å². The lowest BCUT2D eigenvalue weighted by Crippen LogP contribution is -2.33. The van der Waals surface area contributed by atoms with Crippen LogP contribution in [0.25, 0.3) is 10.9 Å². The van der Waals surface area contributed by atoms with Gasteiger partial charge >= 0.3 is 0 Å². The highest BCUT2D eigenvalue weighted by atomic mass is 16.5. The normalized spacial score (nSPS) is 11.7. The maximum absolute atomic E-state index is 5.35. The molecule has 0 bridgehead atoms. The van der Waals surface area contributed by atoms with Gasteiger partial charge in [0.05, 0.1) is 12.6 Å². The average molecular weight is 344 g/mol. The minimum Gasteiger partial charge on any atom is -0.497 e. The summed E-state index contributed by atoms with van der Waals surface area (Å²) in [5, 5.41) is 4.69. The highest BCUT2D eigenvalue weighted by molar-refractivity contribution is 5.92. The van der Waals surface area contributed by atoms with E-state index in [1.54, 1.807) is 7.11 Å². The van der Waals surface area contributed by atoms with Crippen molar-refractivity contribution in [3.05, 3.63) is 30.5 Å². The summed E-state index contributed by atoms with van der Waals surface area (Å²) in [6, 6.07) is 8.05. The molecule has 0 spiro atoms. The molecule has 0 saturated carbocycles. The standard InChI is InChI=1S/C21H33N3O/c1-16(2)14-24(15-17(3)4)12-6-10-22-21-9-11-23-20-8-7-18(25-5)13-19(20)21/h7-9,11,13,16-17H,6,10,12,14-15H2,1-5H3,(H,22,23). The first-order valence-corrected chi connectivity index (χ1v) is 9.38. The lowest BCUT2D eigenvalue weighted by Gasteiger charge is -2.26. The van der Waals surface area contributed by atoms with Gasteiger partial charge in [-0.25, -0.2) is 0 Å². The molecule has 2 rings (SSSR count). The molecule has 138 valence electrons. The van der Waals surface area contributed by atoms with Crippen LogP contribution in [0.3, 0.4) is 0 Å². The number of ether oxygens (including phenoxy) is 1. The molecule has 0 aliphatic rings. The van der Waals surface area contributed by atoms with Crippen LogP contribution in [0.2, 0.25) is 0 Å². The van der Waals surface area contributed by atoms with Gasteiger partial charge in [0.25, 0.3) is 0 Å². The molecular weight excluding hydrogens is 310 g/mol. The fourth-order valence-electron chi connectivity index (χ4n) is 3.22. The van der Waals surface area contributed by atoms with Crippen molar-refractivity contribution in [2.45, 2.75) is 34.1 Å². The number of methoxy groups -OCH3 is 1. The zero-order valence-corrected chi connectivity index (χ0v) is 16.4. The third kappa shape index (κ3) is 6.20. The number of nitrogens with zero attached hydrogens (tertiary/aromatic N) is 2. The molecule has 0 fully saturated rings. The summed E-state index contributed by atoms with van der Waals surface area (Å²) in [5.41, 5.74) is 2.12. The minimum absolute atomic E-state index is 0.711. The number of anilines is 1. The minimum atomic E-state index is 0.711. The Kier molecular flexibility index (Phi) is 7.51. The van der Waals surface area contributed by atoms with Gasteiger partial charge in [-0.2, -0.15) is 0 Å². The highest BCUT2D eigenvalue weighted by Gasteiger charge is 2.09. The molecule has 2 aromatic rings. The van der Waals surface area contributed by atoms with Crippen molar-refractivity contribution in [3.63, 3.8) is 0 Å². The molecule has 0 amide bonds. The van der Waals surface area contributed by atoms with Crippen LogP contribution in [0.4, 0.5) is 5.69 Å². The van der Waals surface area contributed by atoms with Gasteiger partial charge in [0.15, 0.2) is 0 Å². The predicted octanol–water partition coefficient (Wildman–Crippen LogP) is 4.66. The van der Waals surface area contributed by atoms with E-state index in [1.807, 2.05) is 24.4 Å². The Labute approximate surface area is 152 Å². The molecule has 0 aliphatic carbocycles. The summed E-state index contributed by atoms with van der Waals surface area (Å²) >= 11 is 0. The zero-order valence-electron chi connectivity index (χ0n) is 16.4. The summed E-state index contributed by atoms with van der Waals surface area (Å²) in [4.78, 5) is 7.02. The second-order valence-corrected chi connectivity index (χ2v) is 7.57. The molecule has 1 N–H and O–H groups in total. The lowest BCUT2D eigenvalue weighted by atomic mass is 10.1. The van der Waals surface area contributed by atoms with Crippen molar-refractivity contribution >= 4 is 16.6 Å². The van der Waals surface area contributed by atoms with E-state index in [1.165, 1.54) is 13.1 Å². The van der Waals surface area contributed by atoms with Gasteiger partial charge in [-0.15, -0.1) is 0 Å². The number of nitrogens with one attached hydrogen (secondary N) is 1. The van der Waals surface area contributed by atoms with E-state index >= 15 is 0 Å². The first-order valence-electron chi connectivity index (χ1n) is 9.38. The second kappa shape index (κ2) is 9.62. The molecule has 1 aromatic heterocycles. The summed E-state index contributed by atoms with van der Waals surface area (Å²) in [7, 11) is 1.70. The van der Waals surface area contributed by atoms with Crippen molar-refractivity contribution in [2.24, 2.45) is 11.8 Å². The smallest absolute Gasteiger partial charge is 0.119 e. The van der Waals surface area contributed by atoms with Gasteiger partial charge < -0.3 is 15.0 Å². The molecule has 0 aliphatic heterocycles. The van der Waals surface area contributed by atoms with E-state index < -0.39 is 0 Å². The van der Waals surface area contributed by atoms with E-state index in [-0.39, 0.29) is 0 Å². The van der Waals surface area contributed by atoms with E-state index in [2.05, 4.69) is 49.0 Å². The van der Waals surface area contributed by atoms with Crippen LogP contribution in [0, 0.1) is 11.8 Å². The molecule has 4 nitrogen and oxygen atoms in total. The number of pyridine rings is 1. The summed E-state index contributed by atoms with van der Waals surface area (Å²) in [5.74, 6) is 2.29. The molecule has 0 atom stereocenters. The third-order valence-corrected chi connectivity index (χ3v) is 4.16. The lowest BCUT2D eigenvalue weighted by molar-refractivity contribution is 0.219. The topological polar surface area (TPSA) is 37.4 Å². The Morgan fingerprint density at radius 3 is 2.44 bits per heavy atom. The van der Waals surface area contributed by atoms with Gasteiger partial charge in [-0.1, -0.05) is 27.7 Å². The molecular formula is C21H33N3O. The van der Waals surface area contributed by atoms with Gasteiger partial charge in [0.2, 0.25) is 0 Å². The predicted molar refractivity (Wildman–Crippen MR) is 108 cm³/mol. The largest absolute Gasteiger partial charge is 0.497 e. The molecule has 25 heavy (non-hydrogen) atoms. The summed E-state index contributed by atoms with van der Waals surface area (Å²) < 4.78 is 5.35. The third-order valence-electron chi connectivity index (χ3n) is 4.16. The number of hydrogen-bond donors (Lipinski definition) is 1. The maximum Gasteiger partial charge on any atom is 0.119 e. The van der Waals surface area contributed by atoms with Crippen LogP contribution in [-0.4, -0.2) is 43.2 Å². The van der Waals surface area contributed by atoms with Crippen LogP contribution in [-0.2, 0) is 0 Å². The number of fused-ring (bicyclic) bond motifs is 1. The highest BCUT2D eigenvalue weighted by Crippen LogP contribution is 2.25. The van der Waals surface area contributed by atoms with Crippen molar-refractivity contribution in [2.75, 3.05) is 38.6 Å². The molecule has 0 saturated heterocycles. The van der Waals surface area contributed by atoms with Crippen molar-refractivity contribution in [3.8, 4) is 5.75 Å². The first kappa shape index (κ1) is 19.5. The Balaban J connectivity index is 1.93. The summed E-state index contributed by atoms with van der Waals surface area (Å²) in [6.07, 6.45) is 2.99. The van der Waals surface area contributed by atoms with Crippen LogP contribution in [0.15, 0.2) is 30.5 Å². The molecule has 1 heterocycles. The fourth-order valence-corrected chi connectivity index (χ4v) is 3.22. The van der Waals surface area contributed by atoms with Crippen molar-refractivity contribution in [1.29, 1.82) is 0 Å². The van der Waals surface area contributed by atoms with Gasteiger partial charge in [0.1, 0.15) is 5.75 Å². The number of benzene rings is 1. The van der Waals surface area contributed by atoms with Gasteiger partial charge in [-0.05, 0) is 49.1 Å². The molecule has 0 radical (unpaired) electrons. The summed E-state index contributed by atoms with van der Waals surface area (Å²) in [6.45, 7) is 13.6.